The highest BCUT2D eigenvalue weighted by atomic mass is 32.2. The Morgan fingerprint density at radius 3 is 2.69 bits per heavy atom. The first-order valence-corrected chi connectivity index (χ1v) is 5.84. The highest BCUT2D eigenvalue weighted by molar-refractivity contribution is 8.02. The number of hydrogen-bond acceptors (Lipinski definition) is 3. The SMILES string of the molecule is CCCNC1NC(C(C)(C)C)=CS1. The Morgan fingerprint density at radius 1 is 1.54 bits per heavy atom. The molecule has 3 heteroatoms. The fourth-order valence-corrected chi connectivity index (χ4v) is 2.22. The molecule has 0 saturated carbocycles. The Labute approximate surface area is 85.6 Å². The molecule has 0 aromatic heterocycles. The maximum Gasteiger partial charge on any atom is 0.129 e. The Hall–Kier alpha value is -0.150. The van der Waals surface area contributed by atoms with Crippen LogP contribution in [-0.4, -0.2) is 12.0 Å². The van der Waals surface area contributed by atoms with Crippen molar-refractivity contribution in [1.29, 1.82) is 0 Å². The van der Waals surface area contributed by atoms with Crippen LogP contribution >= 0.6 is 11.8 Å². The lowest BCUT2D eigenvalue weighted by Crippen LogP contribution is -2.38. The predicted molar refractivity (Wildman–Crippen MR) is 60.3 cm³/mol. The van der Waals surface area contributed by atoms with Gasteiger partial charge in [0.25, 0.3) is 0 Å². The van der Waals surface area contributed by atoms with E-state index in [1.54, 1.807) is 0 Å². The summed E-state index contributed by atoms with van der Waals surface area (Å²) in [5.74, 6) is 0. The molecule has 1 rings (SSSR count). The van der Waals surface area contributed by atoms with Gasteiger partial charge in [-0.1, -0.05) is 39.5 Å². The molecule has 76 valence electrons. The van der Waals surface area contributed by atoms with Crippen molar-refractivity contribution < 1.29 is 0 Å². The molecule has 1 atom stereocenters. The summed E-state index contributed by atoms with van der Waals surface area (Å²) in [5.41, 5.74) is 1.97. The molecule has 1 heterocycles. The second-order valence-corrected chi connectivity index (χ2v) is 5.38. The van der Waals surface area contributed by atoms with Gasteiger partial charge < -0.3 is 5.32 Å². The van der Waals surface area contributed by atoms with Crippen molar-refractivity contribution in [2.24, 2.45) is 5.41 Å². The summed E-state index contributed by atoms with van der Waals surface area (Å²) in [4.78, 5) is 0. The molecule has 0 saturated heterocycles. The van der Waals surface area contributed by atoms with Gasteiger partial charge in [0.15, 0.2) is 0 Å². The first kappa shape index (κ1) is 10.9. The van der Waals surface area contributed by atoms with Crippen LogP contribution in [0.15, 0.2) is 11.1 Å². The quantitative estimate of drug-likeness (QED) is 0.732. The number of hydrogen-bond donors (Lipinski definition) is 2. The summed E-state index contributed by atoms with van der Waals surface area (Å²) >= 11 is 1.83. The Balaban J connectivity index is 2.34. The molecule has 0 aliphatic carbocycles. The largest absolute Gasteiger partial charge is 0.364 e. The van der Waals surface area contributed by atoms with Crippen molar-refractivity contribution >= 4 is 11.8 Å². The fraction of sp³-hybridized carbons (Fsp3) is 0.800. The lowest BCUT2D eigenvalue weighted by Gasteiger charge is -2.23. The zero-order chi connectivity index (χ0) is 9.90. The smallest absolute Gasteiger partial charge is 0.129 e. The van der Waals surface area contributed by atoms with Crippen molar-refractivity contribution in [3.63, 3.8) is 0 Å². The van der Waals surface area contributed by atoms with Crippen molar-refractivity contribution in [1.82, 2.24) is 10.6 Å². The van der Waals surface area contributed by atoms with Gasteiger partial charge in [-0.15, -0.1) is 0 Å². The second-order valence-electron chi connectivity index (χ2n) is 4.40. The third-order valence-corrected chi connectivity index (χ3v) is 2.92. The predicted octanol–water partition coefficient (Wildman–Crippen LogP) is 2.49. The summed E-state index contributed by atoms with van der Waals surface area (Å²) in [6.45, 7) is 9.96. The van der Waals surface area contributed by atoms with E-state index in [1.165, 1.54) is 12.1 Å². The molecule has 0 aromatic rings. The average Bonchev–Trinajstić information content (AvgIpc) is 2.47. The van der Waals surface area contributed by atoms with E-state index in [4.69, 9.17) is 0 Å². The summed E-state index contributed by atoms with van der Waals surface area (Å²) in [6, 6.07) is 0. The Kier molecular flexibility index (Phi) is 3.68. The fourth-order valence-electron chi connectivity index (χ4n) is 1.11. The molecule has 1 aliphatic rings. The van der Waals surface area contributed by atoms with Gasteiger partial charge in [-0.25, -0.2) is 0 Å². The Bertz CT molecular complexity index is 194. The van der Waals surface area contributed by atoms with Crippen molar-refractivity contribution in [2.45, 2.75) is 39.6 Å². The van der Waals surface area contributed by atoms with Crippen LogP contribution in [0.5, 0.6) is 0 Å². The van der Waals surface area contributed by atoms with E-state index in [0.717, 1.165) is 6.54 Å². The molecule has 0 amide bonds. The maximum atomic E-state index is 3.48. The molecular weight excluding hydrogens is 180 g/mol. The third kappa shape index (κ3) is 3.24. The van der Waals surface area contributed by atoms with Crippen LogP contribution in [0.2, 0.25) is 0 Å². The van der Waals surface area contributed by atoms with E-state index in [0.29, 0.717) is 5.50 Å². The highest BCUT2D eigenvalue weighted by Gasteiger charge is 2.24. The van der Waals surface area contributed by atoms with Crippen LogP contribution in [0.1, 0.15) is 34.1 Å². The molecule has 0 radical (unpaired) electrons. The number of rotatable bonds is 3. The summed E-state index contributed by atoms with van der Waals surface area (Å²) in [5, 5.41) is 9.14. The highest BCUT2D eigenvalue weighted by Crippen LogP contribution is 2.31. The number of nitrogens with one attached hydrogen (secondary N) is 2. The van der Waals surface area contributed by atoms with Crippen LogP contribution < -0.4 is 10.6 Å². The van der Waals surface area contributed by atoms with E-state index < -0.39 is 0 Å². The zero-order valence-corrected chi connectivity index (χ0v) is 9.79. The van der Waals surface area contributed by atoms with Gasteiger partial charge in [0.05, 0.1) is 0 Å². The second kappa shape index (κ2) is 4.38. The van der Waals surface area contributed by atoms with Crippen LogP contribution in [0, 0.1) is 5.41 Å². The van der Waals surface area contributed by atoms with E-state index in [9.17, 15) is 0 Å². The molecule has 2 N–H and O–H groups in total. The molecule has 0 spiro atoms. The van der Waals surface area contributed by atoms with E-state index in [-0.39, 0.29) is 5.41 Å². The lowest BCUT2D eigenvalue weighted by molar-refractivity contribution is 0.446. The standard InChI is InChI=1S/C10H20N2S/c1-5-6-11-9-12-8(7-13-9)10(2,3)4/h7,9,11-12H,5-6H2,1-4H3. The monoisotopic (exact) mass is 200 g/mol. The van der Waals surface area contributed by atoms with Gasteiger partial charge in [-0.3, -0.25) is 5.32 Å². The normalized spacial score (nSPS) is 22.8. The topological polar surface area (TPSA) is 24.1 Å². The van der Waals surface area contributed by atoms with Crippen molar-refractivity contribution in [2.75, 3.05) is 6.54 Å². The number of allylic oxidation sites excluding steroid dienone is 1. The van der Waals surface area contributed by atoms with Gasteiger partial charge in [0, 0.05) is 11.1 Å². The van der Waals surface area contributed by atoms with Crippen molar-refractivity contribution in [3.8, 4) is 0 Å². The Morgan fingerprint density at radius 2 is 2.23 bits per heavy atom. The van der Waals surface area contributed by atoms with Crippen LogP contribution in [0.25, 0.3) is 0 Å². The molecule has 0 aromatic carbocycles. The van der Waals surface area contributed by atoms with Gasteiger partial charge in [0.1, 0.15) is 5.50 Å². The van der Waals surface area contributed by atoms with Crippen LogP contribution in [0.4, 0.5) is 0 Å². The van der Waals surface area contributed by atoms with E-state index >= 15 is 0 Å². The summed E-state index contributed by atoms with van der Waals surface area (Å²) < 4.78 is 0. The van der Waals surface area contributed by atoms with Gasteiger partial charge in [-0.05, 0) is 18.4 Å². The van der Waals surface area contributed by atoms with Crippen LogP contribution in [0.3, 0.4) is 0 Å². The lowest BCUT2D eigenvalue weighted by atomic mass is 9.93. The van der Waals surface area contributed by atoms with Gasteiger partial charge >= 0.3 is 0 Å². The minimum atomic E-state index is 0.246. The minimum Gasteiger partial charge on any atom is -0.364 e. The minimum absolute atomic E-state index is 0.246. The first-order valence-electron chi connectivity index (χ1n) is 4.90. The number of thioether (sulfide) groups is 1. The molecular formula is C10H20N2S. The molecule has 1 aliphatic heterocycles. The zero-order valence-electron chi connectivity index (χ0n) is 8.98. The van der Waals surface area contributed by atoms with Gasteiger partial charge in [0.2, 0.25) is 0 Å². The third-order valence-electron chi connectivity index (χ3n) is 2.00. The molecule has 2 nitrogen and oxygen atoms in total. The van der Waals surface area contributed by atoms with Crippen LogP contribution in [-0.2, 0) is 0 Å². The molecule has 1 unspecified atom stereocenters. The van der Waals surface area contributed by atoms with E-state index in [1.807, 2.05) is 11.8 Å². The van der Waals surface area contributed by atoms with Gasteiger partial charge in [-0.2, -0.15) is 0 Å². The molecule has 0 fully saturated rings. The van der Waals surface area contributed by atoms with E-state index in [2.05, 4.69) is 43.7 Å². The first-order chi connectivity index (χ1) is 6.04. The maximum absolute atomic E-state index is 3.48. The van der Waals surface area contributed by atoms with Crippen molar-refractivity contribution in [3.05, 3.63) is 11.1 Å². The summed E-state index contributed by atoms with van der Waals surface area (Å²) in [7, 11) is 0. The average molecular weight is 200 g/mol. The molecule has 0 bridgehead atoms. The summed E-state index contributed by atoms with van der Waals surface area (Å²) in [6.07, 6.45) is 1.18. The molecule has 13 heavy (non-hydrogen) atoms.